The van der Waals surface area contributed by atoms with Gasteiger partial charge < -0.3 is 18.9 Å². The van der Waals surface area contributed by atoms with Gasteiger partial charge in [0.15, 0.2) is 6.29 Å². The first-order chi connectivity index (χ1) is 11.0. The van der Waals surface area contributed by atoms with Crippen LogP contribution in [-0.2, 0) is 28.5 Å². The Balaban J connectivity index is 1.98. The topological polar surface area (TPSA) is 71.1 Å². The summed E-state index contributed by atoms with van der Waals surface area (Å²) in [6, 6.07) is 0. The second-order valence-corrected chi connectivity index (χ2v) is 6.71. The van der Waals surface area contributed by atoms with Crippen LogP contribution in [0.15, 0.2) is 0 Å². The van der Waals surface area contributed by atoms with Crippen LogP contribution < -0.4 is 0 Å². The Morgan fingerprint density at radius 1 is 1.39 bits per heavy atom. The fourth-order valence-electron chi connectivity index (χ4n) is 3.76. The summed E-state index contributed by atoms with van der Waals surface area (Å²) in [7, 11) is 4.47. The van der Waals surface area contributed by atoms with Crippen LogP contribution in [0.4, 0.5) is 0 Å². The molecule has 0 spiro atoms. The summed E-state index contributed by atoms with van der Waals surface area (Å²) in [5, 5.41) is -0.260. The number of alkyl halides is 1. The molecule has 0 radical (unpaired) electrons. The maximum Gasteiger partial charge on any atom is 0.305 e. The molecule has 1 aliphatic carbocycles. The lowest BCUT2D eigenvalue weighted by Crippen LogP contribution is -2.48. The summed E-state index contributed by atoms with van der Waals surface area (Å²) in [5.74, 6) is -0.298. The van der Waals surface area contributed by atoms with Crippen LogP contribution in [0.1, 0.15) is 38.5 Å². The quantitative estimate of drug-likeness (QED) is 0.380. The normalized spacial score (nSPS) is 31.4. The van der Waals surface area contributed by atoms with Gasteiger partial charge in [0, 0.05) is 27.1 Å². The van der Waals surface area contributed by atoms with Gasteiger partial charge in [0.2, 0.25) is 0 Å². The van der Waals surface area contributed by atoms with Crippen LogP contribution in [0.25, 0.3) is 0 Å². The smallest absolute Gasteiger partial charge is 0.305 e. The molecular weight excluding hydrogens is 324 g/mol. The molecule has 0 bridgehead atoms. The average Bonchev–Trinajstić information content (AvgIpc) is 3.07. The lowest BCUT2D eigenvalue weighted by molar-refractivity contribution is -0.234. The predicted molar refractivity (Wildman–Crippen MR) is 83.3 cm³/mol. The third-order valence-electron chi connectivity index (χ3n) is 4.90. The number of methoxy groups -OCH3 is 3. The Kier molecular flexibility index (Phi) is 6.42. The molecule has 2 fully saturated rings. The molecule has 132 valence electrons. The predicted octanol–water partition coefficient (Wildman–Crippen LogP) is 2.06. The van der Waals surface area contributed by atoms with Crippen LogP contribution in [0.2, 0.25) is 0 Å². The number of carbonyl (C=O) groups is 2. The SMILES string of the molecule is COC(=O)CCCC(Cl)C1CC2C(=O)CCC2(C(OC)OC)O1. The number of hydrogen-bond donors (Lipinski definition) is 0. The fraction of sp³-hybridized carbons (Fsp3) is 0.875. The zero-order chi connectivity index (χ0) is 17.0. The lowest BCUT2D eigenvalue weighted by atomic mass is 9.88. The molecule has 0 aromatic carbocycles. The van der Waals surface area contributed by atoms with Gasteiger partial charge in [-0.25, -0.2) is 0 Å². The second-order valence-electron chi connectivity index (χ2n) is 6.15. The molecule has 4 unspecified atom stereocenters. The molecule has 1 saturated heterocycles. The highest BCUT2D eigenvalue weighted by molar-refractivity contribution is 6.21. The fourth-order valence-corrected chi connectivity index (χ4v) is 4.07. The summed E-state index contributed by atoms with van der Waals surface area (Å²) >= 11 is 6.46. The van der Waals surface area contributed by atoms with E-state index in [1.54, 1.807) is 14.2 Å². The van der Waals surface area contributed by atoms with E-state index in [4.69, 9.17) is 25.8 Å². The first-order valence-corrected chi connectivity index (χ1v) is 8.39. The Labute approximate surface area is 141 Å². The van der Waals surface area contributed by atoms with Gasteiger partial charge in [-0.3, -0.25) is 9.59 Å². The van der Waals surface area contributed by atoms with Crippen molar-refractivity contribution in [2.75, 3.05) is 21.3 Å². The molecule has 23 heavy (non-hydrogen) atoms. The van der Waals surface area contributed by atoms with Gasteiger partial charge >= 0.3 is 5.97 Å². The Hall–Kier alpha value is -0.690. The average molecular weight is 349 g/mol. The van der Waals surface area contributed by atoms with Crippen molar-refractivity contribution < 1.29 is 28.5 Å². The second kappa shape index (κ2) is 7.92. The summed E-state index contributed by atoms with van der Waals surface area (Å²) in [5.41, 5.74) is -0.735. The molecular formula is C16H25ClO6. The molecule has 1 aliphatic heterocycles. The molecule has 4 atom stereocenters. The molecule has 0 aromatic rings. The maximum atomic E-state index is 12.2. The number of ether oxygens (including phenoxy) is 4. The molecule has 2 aliphatic rings. The Bertz CT molecular complexity index is 438. The Morgan fingerprint density at radius 3 is 2.70 bits per heavy atom. The highest BCUT2D eigenvalue weighted by atomic mass is 35.5. The third kappa shape index (κ3) is 3.71. The van der Waals surface area contributed by atoms with Gasteiger partial charge in [-0.15, -0.1) is 11.6 Å². The van der Waals surface area contributed by atoms with E-state index >= 15 is 0 Å². The van der Waals surface area contributed by atoms with E-state index in [0.29, 0.717) is 38.5 Å². The van der Waals surface area contributed by atoms with Gasteiger partial charge in [-0.2, -0.15) is 0 Å². The first-order valence-electron chi connectivity index (χ1n) is 7.95. The van der Waals surface area contributed by atoms with Crippen LogP contribution in [-0.4, -0.2) is 56.5 Å². The van der Waals surface area contributed by atoms with E-state index in [1.807, 2.05) is 0 Å². The van der Waals surface area contributed by atoms with Crippen molar-refractivity contribution in [2.45, 2.75) is 61.9 Å². The number of rotatable bonds is 8. The van der Waals surface area contributed by atoms with Crippen molar-refractivity contribution in [1.29, 1.82) is 0 Å². The molecule has 1 heterocycles. The van der Waals surface area contributed by atoms with Crippen molar-refractivity contribution in [3.8, 4) is 0 Å². The van der Waals surface area contributed by atoms with Gasteiger partial charge in [0.1, 0.15) is 11.4 Å². The van der Waals surface area contributed by atoms with E-state index in [2.05, 4.69) is 4.74 Å². The maximum absolute atomic E-state index is 12.2. The number of esters is 1. The lowest BCUT2D eigenvalue weighted by Gasteiger charge is -2.35. The Morgan fingerprint density at radius 2 is 2.09 bits per heavy atom. The standard InChI is InChI=1S/C16H25ClO6/c1-20-14(19)6-4-5-11(17)13-9-10-12(18)7-8-16(10,23-13)15(21-2)22-3/h10-11,13,15H,4-9H2,1-3H3. The van der Waals surface area contributed by atoms with E-state index < -0.39 is 11.9 Å². The van der Waals surface area contributed by atoms with Crippen LogP contribution >= 0.6 is 11.6 Å². The number of halogens is 1. The zero-order valence-electron chi connectivity index (χ0n) is 13.9. The van der Waals surface area contributed by atoms with E-state index in [0.717, 1.165) is 0 Å². The zero-order valence-corrected chi connectivity index (χ0v) is 14.6. The summed E-state index contributed by atoms with van der Waals surface area (Å²) in [6.45, 7) is 0. The molecule has 0 N–H and O–H groups in total. The number of ketones is 1. The van der Waals surface area contributed by atoms with Crippen molar-refractivity contribution in [1.82, 2.24) is 0 Å². The van der Waals surface area contributed by atoms with Crippen molar-refractivity contribution in [3.63, 3.8) is 0 Å². The molecule has 6 nitrogen and oxygen atoms in total. The van der Waals surface area contributed by atoms with Crippen LogP contribution in [0.3, 0.4) is 0 Å². The van der Waals surface area contributed by atoms with E-state index in [1.165, 1.54) is 7.11 Å². The molecule has 2 rings (SSSR count). The molecule has 7 heteroatoms. The summed E-state index contributed by atoms with van der Waals surface area (Å²) < 4.78 is 21.6. The van der Waals surface area contributed by atoms with Crippen molar-refractivity contribution in [3.05, 3.63) is 0 Å². The third-order valence-corrected chi connectivity index (χ3v) is 5.40. The highest BCUT2D eigenvalue weighted by Gasteiger charge is 2.61. The number of hydrogen-bond acceptors (Lipinski definition) is 6. The van der Waals surface area contributed by atoms with Crippen molar-refractivity contribution >= 4 is 23.4 Å². The van der Waals surface area contributed by atoms with Gasteiger partial charge in [-0.1, -0.05) is 0 Å². The first kappa shape index (κ1) is 18.6. The highest BCUT2D eigenvalue weighted by Crippen LogP contribution is 2.50. The van der Waals surface area contributed by atoms with Crippen LogP contribution in [0, 0.1) is 5.92 Å². The van der Waals surface area contributed by atoms with E-state index in [9.17, 15) is 9.59 Å². The van der Waals surface area contributed by atoms with Crippen molar-refractivity contribution in [2.24, 2.45) is 5.92 Å². The van der Waals surface area contributed by atoms with Gasteiger partial charge in [0.05, 0.1) is 24.5 Å². The minimum Gasteiger partial charge on any atom is -0.469 e. The summed E-state index contributed by atoms with van der Waals surface area (Å²) in [4.78, 5) is 23.4. The monoisotopic (exact) mass is 348 g/mol. The molecule has 0 aromatic heterocycles. The minimum absolute atomic E-state index is 0.185. The number of fused-ring (bicyclic) bond motifs is 1. The van der Waals surface area contributed by atoms with E-state index in [-0.39, 0.29) is 29.2 Å². The number of carbonyl (C=O) groups excluding carboxylic acids is 2. The van der Waals surface area contributed by atoms with Gasteiger partial charge in [-0.05, 0) is 25.7 Å². The molecule has 0 amide bonds. The van der Waals surface area contributed by atoms with Crippen LogP contribution in [0.5, 0.6) is 0 Å². The minimum atomic E-state index is -0.735. The largest absolute Gasteiger partial charge is 0.469 e. The summed E-state index contributed by atoms with van der Waals surface area (Å²) in [6.07, 6.45) is 2.42. The van der Waals surface area contributed by atoms with Gasteiger partial charge in [0.25, 0.3) is 0 Å². The number of Topliss-reactive ketones (excluding diaryl/α,β-unsaturated/α-hetero) is 1. The molecule has 1 saturated carbocycles.